The second-order valence-electron chi connectivity index (χ2n) is 6.46. The lowest BCUT2D eigenvalue weighted by molar-refractivity contribution is -0.116. The Morgan fingerprint density at radius 3 is 2.19 bits per heavy atom. The smallest absolute Gasteiger partial charge is 0.247 e. The van der Waals surface area contributed by atoms with Gasteiger partial charge in [0.2, 0.25) is 15.9 Å². The molecule has 0 aliphatic rings. The first-order valence-corrected chi connectivity index (χ1v) is 10.4. The first kappa shape index (κ1) is 20.3. The Morgan fingerprint density at radius 2 is 1.65 bits per heavy atom. The van der Waals surface area contributed by atoms with Crippen molar-refractivity contribution < 1.29 is 13.2 Å². The third-order valence-electron chi connectivity index (χ3n) is 4.27. The maximum atomic E-state index is 12.7. The molecule has 140 valence electrons. The molecule has 2 aromatic carbocycles. The summed E-state index contributed by atoms with van der Waals surface area (Å²) >= 11 is 6.13. The Morgan fingerprint density at radius 1 is 1.04 bits per heavy atom. The van der Waals surface area contributed by atoms with Crippen molar-refractivity contribution in [3.8, 4) is 0 Å². The molecular weight excluding hydrogens is 372 g/mol. The number of hydrogen-bond donors (Lipinski definition) is 1. The van der Waals surface area contributed by atoms with Crippen molar-refractivity contribution in [1.29, 1.82) is 0 Å². The van der Waals surface area contributed by atoms with Crippen molar-refractivity contribution in [3.63, 3.8) is 0 Å². The van der Waals surface area contributed by atoms with Gasteiger partial charge in [-0.15, -0.1) is 0 Å². The lowest BCUT2D eigenvalue weighted by Gasteiger charge is -2.28. The van der Waals surface area contributed by atoms with Crippen LogP contribution in [0.1, 0.15) is 23.6 Å². The van der Waals surface area contributed by atoms with Crippen molar-refractivity contribution in [2.45, 2.75) is 33.7 Å². The first-order chi connectivity index (χ1) is 12.0. The molecule has 0 spiro atoms. The normalized spacial score (nSPS) is 12.5. The molecule has 0 aromatic heterocycles. The van der Waals surface area contributed by atoms with Crippen LogP contribution in [0.15, 0.2) is 36.4 Å². The minimum atomic E-state index is -3.69. The van der Waals surface area contributed by atoms with Gasteiger partial charge in [0.25, 0.3) is 0 Å². The molecule has 0 saturated heterocycles. The number of rotatable bonds is 5. The summed E-state index contributed by atoms with van der Waals surface area (Å²) in [7, 11) is -3.69. The van der Waals surface area contributed by atoms with Crippen LogP contribution < -0.4 is 9.62 Å². The van der Waals surface area contributed by atoms with Gasteiger partial charge in [-0.3, -0.25) is 9.10 Å². The van der Waals surface area contributed by atoms with Crippen molar-refractivity contribution in [2.24, 2.45) is 0 Å². The predicted molar refractivity (Wildman–Crippen MR) is 108 cm³/mol. The maximum Gasteiger partial charge on any atom is 0.247 e. The summed E-state index contributed by atoms with van der Waals surface area (Å²) in [5.41, 5.74) is 3.96. The van der Waals surface area contributed by atoms with Crippen LogP contribution in [0, 0.1) is 20.8 Å². The van der Waals surface area contributed by atoms with E-state index in [1.165, 1.54) is 0 Å². The standard InChI is InChI=1S/C19H23ClN2O3S/c1-12-6-8-16(10-14(12)3)21-19(23)15(4)22(26(5,24)25)17-9-7-13(2)18(20)11-17/h6-11,15H,1-5H3,(H,21,23)/t15-/m1/s1. The zero-order valence-corrected chi connectivity index (χ0v) is 17.1. The molecule has 0 saturated carbocycles. The number of carbonyl (C=O) groups is 1. The summed E-state index contributed by atoms with van der Waals surface area (Å²) in [5, 5.41) is 3.22. The molecule has 1 amide bonds. The number of benzene rings is 2. The molecule has 0 aliphatic carbocycles. The molecule has 0 aliphatic heterocycles. The fourth-order valence-corrected chi connectivity index (χ4v) is 3.93. The Hall–Kier alpha value is -2.05. The number of carbonyl (C=O) groups excluding carboxylic acids is 1. The van der Waals surface area contributed by atoms with E-state index >= 15 is 0 Å². The number of anilines is 2. The summed E-state index contributed by atoms with van der Waals surface area (Å²) in [6.45, 7) is 7.31. The zero-order chi connectivity index (χ0) is 19.6. The summed E-state index contributed by atoms with van der Waals surface area (Å²) in [4.78, 5) is 12.7. The average Bonchev–Trinajstić information content (AvgIpc) is 2.53. The number of amides is 1. The molecule has 0 unspecified atom stereocenters. The summed E-state index contributed by atoms with van der Waals surface area (Å²) < 4.78 is 25.7. The second-order valence-corrected chi connectivity index (χ2v) is 8.72. The van der Waals surface area contributed by atoms with Crippen LogP contribution in [0.25, 0.3) is 0 Å². The van der Waals surface area contributed by atoms with Crippen LogP contribution in [0.2, 0.25) is 5.02 Å². The topological polar surface area (TPSA) is 66.5 Å². The second kappa shape index (κ2) is 7.68. The van der Waals surface area contributed by atoms with Gasteiger partial charge in [-0.2, -0.15) is 0 Å². The van der Waals surface area contributed by atoms with Gasteiger partial charge in [-0.05, 0) is 68.7 Å². The summed E-state index contributed by atoms with van der Waals surface area (Å²) in [5.74, 6) is -0.421. The highest BCUT2D eigenvalue weighted by molar-refractivity contribution is 7.92. The molecule has 1 N–H and O–H groups in total. The molecule has 0 radical (unpaired) electrons. The molecule has 0 heterocycles. The van der Waals surface area contributed by atoms with Crippen molar-refractivity contribution >= 4 is 38.9 Å². The van der Waals surface area contributed by atoms with Crippen LogP contribution in [-0.4, -0.2) is 26.6 Å². The number of nitrogens with one attached hydrogen (secondary N) is 1. The van der Waals surface area contributed by atoms with E-state index in [4.69, 9.17) is 11.6 Å². The van der Waals surface area contributed by atoms with Crippen LogP contribution in [0.4, 0.5) is 11.4 Å². The number of sulfonamides is 1. The van der Waals surface area contributed by atoms with E-state index in [1.807, 2.05) is 32.9 Å². The maximum absolute atomic E-state index is 12.7. The average molecular weight is 395 g/mol. The number of aryl methyl sites for hydroxylation is 3. The largest absolute Gasteiger partial charge is 0.324 e. The minimum Gasteiger partial charge on any atom is -0.324 e. The van der Waals surface area contributed by atoms with Crippen LogP contribution in [-0.2, 0) is 14.8 Å². The van der Waals surface area contributed by atoms with Crippen LogP contribution >= 0.6 is 11.6 Å². The predicted octanol–water partition coefficient (Wildman–Crippen LogP) is 4.06. The molecule has 26 heavy (non-hydrogen) atoms. The van der Waals surface area contributed by atoms with Gasteiger partial charge < -0.3 is 5.32 Å². The van der Waals surface area contributed by atoms with E-state index in [0.717, 1.165) is 27.3 Å². The Labute approximate surface area is 160 Å². The fraction of sp³-hybridized carbons (Fsp3) is 0.316. The van der Waals surface area contributed by atoms with Crippen LogP contribution in [0.5, 0.6) is 0 Å². The molecular formula is C19H23ClN2O3S. The van der Waals surface area contributed by atoms with E-state index in [0.29, 0.717) is 16.4 Å². The van der Waals surface area contributed by atoms with Gasteiger partial charge in [0, 0.05) is 10.7 Å². The van der Waals surface area contributed by atoms with Crippen molar-refractivity contribution in [2.75, 3.05) is 15.9 Å². The number of halogens is 1. The van der Waals surface area contributed by atoms with Crippen LogP contribution in [0.3, 0.4) is 0 Å². The molecule has 1 atom stereocenters. The quantitative estimate of drug-likeness (QED) is 0.831. The van der Waals surface area contributed by atoms with E-state index in [2.05, 4.69) is 5.32 Å². The van der Waals surface area contributed by atoms with Gasteiger partial charge in [0.1, 0.15) is 6.04 Å². The highest BCUT2D eigenvalue weighted by Crippen LogP contribution is 2.27. The Balaban J connectivity index is 2.34. The molecule has 5 nitrogen and oxygen atoms in total. The SMILES string of the molecule is Cc1ccc(NC(=O)[C@@H](C)N(c2ccc(C)c(Cl)c2)S(C)(=O)=O)cc1C. The zero-order valence-electron chi connectivity index (χ0n) is 15.5. The van der Waals surface area contributed by atoms with Gasteiger partial charge in [-0.25, -0.2) is 8.42 Å². The van der Waals surface area contributed by atoms with Gasteiger partial charge in [0.05, 0.1) is 11.9 Å². The Bertz CT molecular complexity index is 942. The molecule has 0 fully saturated rings. The van der Waals surface area contributed by atoms with E-state index in [-0.39, 0.29) is 0 Å². The summed E-state index contributed by atoms with van der Waals surface area (Å²) in [6, 6.07) is 9.53. The lowest BCUT2D eigenvalue weighted by Crippen LogP contribution is -2.45. The van der Waals surface area contributed by atoms with E-state index in [1.54, 1.807) is 31.2 Å². The third-order valence-corrected chi connectivity index (χ3v) is 5.92. The van der Waals surface area contributed by atoms with Gasteiger partial charge in [0.15, 0.2) is 0 Å². The van der Waals surface area contributed by atoms with Gasteiger partial charge in [-0.1, -0.05) is 23.7 Å². The molecule has 7 heteroatoms. The van der Waals surface area contributed by atoms with Gasteiger partial charge >= 0.3 is 0 Å². The molecule has 2 rings (SSSR count). The molecule has 0 bridgehead atoms. The van der Waals surface area contributed by atoms with E-state index < -0.39 is 22.0 Å². The molecule has 2 aromatic rings. The first-order valence-electron chi connectivity index (χ1n) is 8.14. The fourth-order valence-electron chi connectivity index (χ4n) is 2.59. The highest BCUT2D eigenvalue weighted by atomic mass is 35.5. The number of nitrogens with zero attached hydrogens (tertiary/aromatic N) is 1. The van der Waals surface area contributed by atoms with Crippen molar-refractivity contribution in [3.05, 3.63) is 58.1 Å². The minimum absolute atomic E-state index is 0.353. The van der Waals surface area contributed by atoms with E-state index in [9.17, 15) is 13.2 Å². The highest BCUT2D eigenvalue weighted by Gasteiger charge is 2.29. The Kier molecular flexibility index (Phi) is 5.98. The monoisotopic (exact) mass is 394 g/mol. The summed E-state index contributed by atoms with van der Waals surface area (Å²) in [6.07, 6.45) is 1.07. The lowest BCUT2D eigenvalue weighted by atomic mass is 10.1. The third kappa shape index (κ3) is 4.56. The number of hydrogen-bond acceptors (Lipinski definition) is 3. The van der Waals surface area contributed by atoms with Crippen molar-refractivity contribution in [1.82, 2.24) is 0 Å².